The van der Waals surface area contributed by atoms with Gasteiger partial charge in [0.05, 0.1) is 0 Å². The lowest BCUT2D eigenvalue weighted by Gasteiger charge is -2.27. The molecule has 30 heavy (non-hydrogen) atoms. The van der Waals surface area contributed by atoms with Gasteiger partial charge in [0, 0.05) is 18.2 Å². The summed E-state index contributed by atoms with van der Waals surface area (Å²) in [6.07, 6.45) is 0. The van der Waals surface area contributed by atoms with Gasteiger partial charge in [0.25, 0.3) is 11.8 Å². The number of carbonyl (C=O) groups is 3. The number of hydrogen-bond donors (Lipinski definition) is 1. The van der Waals surface area contributed by atoms with Gasteiger partial charge < -0.3 is 15.0 Å². The SMILES string of the molecule is CC(C)[C@H](NC(=O)c1ccccc1)C(=O)OCC(=O)N(Cc1ccccc1)C(C)C. The lowest BCUT2D eigenvalue weighted by Crippen LogP contribution is -2.46. The van der Waals surface area contributed by atoms with Crippen LogP contribution in [0, 0.1) is 5.92 Å². The largest absolute Gasteiger partial charge is 0.454 e. The predicted molar refractivity (Wildman–Crippen MR) is 116 cm³/mol. The summed E-state index contributed by atoms with van der Waals surface area (Å²) in [6, 6.07) is 17.4. The highest BCUT2D eigenvalue weighted by Gasteiger charge is 2.28. The van der Waals surface area contributed by atoms with Crippen LogP contribution in [0.15, 0.2) is 60.7 Å². The Bertz CT molecular complexity index is 835. The Morgan fingerprint density at radius 1 is 0.900 bits per heavy atom. The second-order valence-electron chi connectivity index (χ2n) is 7.77. The Morgan fingerprint density at radius 2 is 1.47 bits per heavy atom. The third-order valence-corrected chi connectivity index (χ3v) is 4.72. The van der Waals surface area contributed by atoms with Crippen molar-refractivity contribution in [1.82, 2.24) is 10.2 Å². The molecule has 2 aromatic carbocycles. The summed E-state index contributed by atoms with van der Waals surface area (Å²) in [5, 5.41) is 2.71. The van der Waals surface area contributed by atoms with E-state index in [4.69, 9.17) is 4.74 Å². The van der Waals surface area contributed by atoms with E-state index < -0.39 is 12.0 Å². The Morgan fingerprint density at radius 3 is 2.00 bits per heavy atom. The van der Waals surface area contributed by atoms with Crippen LogP contribution in [0.1, 0.15) is 43.6 Å². The van der Waals surface area contributed by atoms with E-state index in [1.54, 1.807) is 29.2 Å². The smallest absolute Gasteiger partial charge is 0.329 e. The maximum atomic E-state index is 12.7. The molecule has 2 rings (SSSR count). The van der Waals surface area contributed by atoms with Crippen LogP contribution in [0.2, 0.25) is 0 Å². The molecule has 1 atom stereocenters. The van der Waals surface area contributed by atoms with E-state index in [0.717, 1.165) is 5.56 Å². The number of amides is 2. The second kappa shape index (κ2) is 11.1. The van der Waals surface area contributed by atoms with Crippen LogP contribution in [0.5, 0.6) is 0 Å². The molecule has 0 unspecified atom stereocenters. The van der Waals surface area contributed by atoms with Crippen LogP contribution in [-0.2, 0) is 20.9 Å². The van der Waals surface area contributed by atoms with Gasteiger partial charge in [-0.05, 0) is 37.5 Å². The molecule has 0 bridgehead atoms. The Balaban J connectivity index is 1.97. The molecule has 2 amide bonds. The Hall–Kier alpha value is -3.15. The molecule has 6 heteroatoms. The summed E-state index contributed by atoms with van der Waals surface area (Å²) in [6.45, 7) is 7.53. The molecule has 0 saturated heterocycles. The Labute approximate surface area is 178 Å². The molecule has 0 aliphatic rings. The molecule has 0 aliphatic heterocycles. The van der Waals surface area contributed by atoms with Crippen molar-refractivity contribution in [3.8, 4) is 0 Å². The van der Waals surface area contributed by atoms with Crippen LogP contribution in [0.25, 0.3) is 0 Å². The fraction of sp³-hybridized carbons (Fsp3) is 0.375. The van der Waals surface area contributed by atoms with Crippen LogP contribution in [-0.4, -0.2) is 41.4 Å². The van der Waals surface area contributed by atoms with Gasteiger partial charge in [-0.1, -0.05) is 62.4 Å². The maximum absolute atomic E-state index is 12.7. The van der Waals surface area contributed by atoms with Crippen molar-refractivity contribution >= 4 is 17.8 Å². The van der Waals surface area contributed by atoms with Gasteiger partial charge >= 0.3 is 5.97 Å². The van der Waals surface area contributed by atoms with Crippen molar-refractivity contribution in [2.75, 3.05) is 6.61 Å². The first-order valence-electron chi connectivity index (χ1n) is 10.2. The van der Waals surface area contributed by atoms with Crippen LogP contribution in [0.4, 0.5) is 0 Å². The monoisotopic (exact) mass is 410 g/mol. The number of hydrogen-bond acceptors (Lipinski definition) is 4. The molecule has 0 aromatic heterocycles. The van der Waals surface area contributed by atoms with Crippen molar-refractivity contribution in [2.24, 2.45) is 5.92 Å². The second-order valence-corrected chi connectivity index (χ2v) is 7.77. The molecule has 0 aliphatic carbocycles. The molecular weight excluding hydrogens is 380 g/mol. The minimum absolute atomic E-state index is 0.0462. The highest BCUT2D eigenvalue weighted by Crippen LogP contribution is 2.11. The molecule has 160 valence electrons. The van der Waals surface area contributed by atoms with Crippen molar-refractivity contribution < 1.29 is 19.1 Å². The van der Waals surface area contributed by atoms with Gasteiger partial charge in [-0.15, -0.1) is 0 Å². The number of carbonyl (C=O) groups excluding carboxylic acids is 3. The highest BCUT2D eigenvalue weighted by molar-refractivity contribution is 5.97. The van der Waals surface area contributed by atoms with E-state index in [-0.39, 0.29) is 30.4 Å². The minimum Gasteiger partial charge on any atom is -0.454 e. The fourth-order valence-electron chi connectivity index (χ4n) is 2.96. The molecule has 1 N–H and O–H groups in total. The summed E-state index contributed by atoms with van der Waals surface area (Å²) < 4.78 is 5.29. The van der Waals surface area contributed by atoms with Crippen molar-refractivity contribution in [3.63, 3.8) is 0 Å². The van der Waals surface area contributed by atoms with Gasteiger partial charge in [0.1, 0.15) is 6.04 Å². The normalized spacial score (nSPS) is 11.8. The van der Waals surface area contributed by atoms with Gasteiger partial charge in [-0.3, -0.25) is 9.59 Å². The summed E-state index contributed by atoms with van der Waals surface area (Å²) in [7, 11) is 0. The number of nitrogens with one attached hydrogen (secondary N) is 1. The van der Waals surface area contributed by atoms with Crippen molar-refractivity contribution in [1.29, 1.82) is 0 Å². The summed E-state index contributed by atoms with van der Waals surface area (Å²) >= 11 is 0. The highest BCUT2D eigenvalue weighted by atomic mass is 16.5. The van der Waals surface area contributed by atoms with E-state index >= 15 is 0 Å². The third-order valence-electron chi connectivity index (χ3n) is 4.72. The van der Waals surface area contributed by atoms with Gasteiger partial charge in [0.2, 0.25) is 0 Å². The number of rotatable bonds is 9. The van der Waals surface area contributed by atoms with Crippen molar-refractivity contribution in [3.05, 3.63) is 71.8 Å². The quantitative estimate of drug-likeness (QED) is 0.643. The van der Waals surface area contributed by atoms with Crippen LogP contribution in [0.3, 0.4) is 0 Å². The minimum atomic E-state index is -0.841. The lowest BCUT2D eigenvalue weighted by atomic mass is 10.0. The zero-order chi connectivity index (χ0) is 22.1. The molecule has 0 heterocycles. The van der Waals surface area contributed by atoms with E-state index in [0.29, 0.717) is 12.1 Å². The summed E-state index contributed by atoms with van der Waals surface area (Å²) in [4.78, 5) is 39.4. The van der Waals surface area contributed by atoms with E-state index in [2.05, 4.69) is 5.32 Å². The number of benzene rings is 2. The summed E-state index contributed by atoms with van der Waals surface area (Å²) in [5.74, 6) is -1.44. The standard InChI is InChI=1S/C24H30N2O4/c1-17(2)22(25-23(28)20-13-9-6-10-14-20)24(29)30-16-21(27)26(18(3)4)15-19-11-7-5-8-12-19/h5-14,17-18,22H,15-16H2,1-4H3,(H,25,28)/t22-/m0/s1. The molecule has 6 nitrogen and oxygen atoms in total. The molecule has 0 fully saturated rings. The maximum Gasteiger partial charge on any atom is 0.329 e. The topological polar surface area (TPSA) is 75.7 Å². The molecular formula is C24H30N2O4. The average molecular weight is 411 g/mol. The van der Waals surface area contributed by atoms with Crippen LogP contribution < -0.4 is 5.32 Å². The average Bonchev–Trinajstić information content (AvgIpc) is 2.74. The molecule has 0 spiro atoms. The first kappa shape index (κ1) is 23.1. The number of ether oxygens (including phenoxy) is 1. The zero-order valence-corrected chi connectivity index (χ0v) is 18.0. The lowest BCUT2D eigenvalue weighted by molar-refractivity contribution is -0.155. The third kappa shape index (κ3) is 6.72. The molecule has 0 radical (unpaired) electrons. The predicted octanol–water partition coefficient (Wildman–Crippen LogP) is 3.42. The first-order valence-corrected chi connectivity index (χ1v) is 10.2. The zero-order valence-electron chi connectivity index (χ0n) is 18.0. The van der Waals surface area contributed by atoms with Crippen LogP contribution >= 0.6 is 0 Å². The molecule has 0 saturated carbocycles. The first-order chi connectivity index (χ1) is 14.3. The van der Waals surface area contributed by atoms with Crippen molar-refractivity contribution in [2.45, 2.75) is 46.3 Å². The van der Waals surface area contributed by atoms with E-state index in [1.165, 1.54) is 0 Å². The fourth-order valence-corrected chi connectivity index (χ4v) is 2.96. The van der Waals surface area contributed by atoms with Gasteiger partial charge in [0.15, 0.2) is 6.61 Å². The number of nitrogens with zero attached hydrogens (tertiary/aromatic N) is 1. The van der Waals surface area contributed by atoms with E-state index in [1.807, 2.05) is 64.1 Å². The number of esters is 1. The van der Waals surface area contributed by atoms with Gasteiger partial charge in [-0.2, -0.15) is 0 Å². The Kier molecular flexibility index (Phi) is 8.59. The summed E-state index contributed by atoms with van der Waals surface area (Å²) in [5.41, 5.74) is 1.46. The van der Waals surface area contributed by atoms with Gasteiger partial charge in [-0.25, -0.2) is 4.79 Å². The molecule has 2 aromatic rings. The van der Waals surface area contributed by atoms with E-state index in [9.17, 15) is 14.4 Å².